The Bertz CT molecular complexity index is 1250. The van der Waals surface area contributed by atoms with Crippen LogP contribution in [0.2, 0.25) is 0 Å². The fourth-order valence-electron chi connectivity index (χ4n) is 3.53. The highest BCUT2D eigenvalue weighted by molar-refractivity contribution is 6.16. The number of ether oxygens (including phenoxy) is 1. The van der Waals surface area contributed by atoms with E-state index < -0.39 is 23.0 Å². The van der Waals surface area contributed by atoms with Gasteiger partial charge < -0.3 is 14.6 Å². The normalized spacial score (nSPS) is 11.0. The summed E-state index contributed by atoms with van der Waals surface area (Å²) in [5.41, 5.74) is 0.659. The lowest BCUT2D eigenvalue weighted by atomic mass is 10.0. The number of hydrogen-bond donors (Lipinski definition) is 1. The van der Waals surface area contributed by atoms with Crippen molar-refractivity contribution in [3.63, 3.8) is 0 Å². The molecule has 0 spiro atoms. The lowest BCUT2D eigenvalue weighted by molar-refractivity contribution is 0.103. The molecule has 0 amide bonds. The van der Waals surface area contributed by atoms with E-state index in [1.807, 2.05) is 26.0 Å². The Kier molecular flexibility index (Phi) is 6.11. The van der Waals surface area contributed by atoms with E-state index in [-0.39, 0.29) is 17.9 Å². The number of halogens is 2. The van der Waals surface area contributed by atoms with Crippen LogP contribution in [0, 0.1) is 11.6 Å². The number of rotatable bonds is 8. The highest BCUT2D eigenvalue weighted by Crippen LogP contribution is 2.28. The number of H-pyrrole nitrogens is 1. The highest BCUT2D eigenvalue weighted by Gasteiger charge is 2.25. The van der Waals surface area contributed by atoms with Crippen LogP contribution in [0.5, 0.6) is 5.75 Å². The molecule has 4 aromatic rings. The molecule has 8 heteroatoms. The van der Waals surface area contributed by atoms with Gasteiger partial charge in [-0.1, -0.05) is 6.07 Å². The first-order valence-corrected chi connectivity index (χ1v) is 10.3. The third-order valence-corrected chi connectivity index (χ3v) is 5.27. The van der Waals surface area contributed by atoms with Gasteiger partial charge in [0.1, 0.15) is 23.9 Å². The van der Waals surface area contributed by atoms with Crippen LogP contribution in [0.3, 0.4) is 0 Å². The quantitative estimate of drug-likeness (QED) is 0.398. The molecule has 1 aromatic carbocycles. The minimum absolute atomic E-state index is 0.0265. The Balaban J connectivity index is 1.56. The molecule has 6 nitrogen and oxygen atoms in total. The van der Waals surface area contributed by atoms with Gasteiger partial charge in [-0.25, -0.2) is 18.7 Å². The Morgan fingerprint density at radius 1 is 1.09 bits per heavy atom. The molecule has 0 bridgehead atoms. The van der Waals surface area contributed by atoms with Crippen molar-refractivity contribution in [1.82, 2.24) is 15.0 Å². The molecule has 0 aliphatic rings. The lowest BCUT2D eigenvalue weighted by Gasteiger charge is -2.19. The standard InChI is InChI=1S/C24H22F2N4O2/c1-3-30(4-2)20-10-7-15(12-28-20)14-32-19-9-8-18(25)21(22(19)26)23(31)17-13-29-24-16(17)6-5-11-27-24/h5-13H,3-4,14H2,1-2H3,(H,27,29). The van der Waals surface area contributed by atoms with E-state index in [1.165, 1.54) is 12.3 Å². The van der Waals surface area contributed by atoms with E-state index in [0.717, 1.165) is 30.5 Å². The molecule has 0 fully saturated rings. The Hall–Kier alpha value is -3.81. The number of nitrogens with one attached hydrogen (secondary N) is 1. The number of nitrogens with zero attached hydrogens (tertiary/aromatic N) is 3. The summed E-state index contributed by atoms with van der Waals surface area (Å²) in [4.78, 5) is 26.4. The van der Waals surface area contributed by atoms with Crippen molar-refractivity contribution in [2.24, 2.45) is 0 Å². The number of hydrogen-bond acceptors (Lipinski definition) is 5. The zero-order chi connectivity index (χ0) is 22.7. The largest absolute Gasteiger partial charge is 0.486 e. The number of ketones is 1. The van der Waals surface area contributed by atoms with E-state index in [4.69, 9.17) is 4.74 Å². The van der Waals surface area contributed by atoms with E-state index in [0.29, 0.717) is 11.0 Å². The molecule has 1 N–H and O–H groups in total. The molecule has 0 radical (unpaired) electrons. The first-order valence-electron chi connectivity index (χ1n) is 10.3. The molecule has 0 aliphatic heterocycles. The molecule has 0 aliphatic carbocycles. The van der Waals surface area contributed by atoms with Gasteiger partial charge in [0.25, 0.3) is 0 Å². The fourth-order valence-corrected chi connectivity index (χ4v) is 3.53. The molecule has 0 saturated heterocycles. The number of pyridine rings is 2. The number of benzene rings is 1. The van der Waals surface area contributed by atoms with E-state index in [9.17, 15) is 9.18 Å². The van der Waals surface area contributed by atoms with Crippen LogP contribution in [0.25, 0.3) is 11.0 Å². The third-order valence-electron chi connectivity index (χ3n) is 5.27. The predicted octanol–water partition coefficient (Wildman–Crippen LogP) is 4.89. The molecular formula is C24H22F2N4O2. The number of fused-ring (bicyclic) bond motifs is 1. The minimum atomic E-state index is -1.04. The summed E-state index contributed by atoms with van der Waals surface area (Å²) >= 11 is 0. The van der Waals surface area contributed by atoms with Crippen LogP contribution in [-0.4, -0.2) is 33.8 Å². The molecule has 0 atom stereocenters. The first kappa shape index (κ1) is 21.4. The van der Waals surface area contributed by atoms with Crippen LogP contribution in [0.15, 0.2) is 55.0 Å². The van der Waals surface area contributed by atoms with Gasteiger partial charge in [0, 0.05) is 48.2 Å². The van der Waals surface area contributed by atoms with Crippen LogP contribution in [0.4, 0.5) is 14.6 Å². The summed E-state index contributed by atoms with van der Waals surface area (Å²) in [6, 6.07) is 9.23. The van der Waals surface area contributed by atoms with Gasteiger partial charge in [-0.05, 0) is 44.2 Å². The molecule has 32 heavy (non-hydrogen) atoms. The summed E-state index contributed by atoms with van der Waals surface area (Å²) < 4.78 is 35.1. The van der Waals surface area contributed by atoms with E-state index in [2.05, 4.69) is 19.9 Å². The predicted molar refractivity (Wildman–Crippen MR) is 118 cm³/mol. The summed E-state index contributed by atoms with van der Waals surface area (Å²) in [6.07, 6.45) is 4.61. The summed E-state index contributed by atoms with van der Waals surface area (Å²) in [5, 5.41) is 0.488. The maximum absolute atomic E-state index is 15.1. The average molecular weight is 436 g/mol. The summed E-state index contributed by atoms with van der Waals surface area (Å²) in [7, 11) is 0. The summed E-state index contributed by atoms with van der Waals surface area (Å²) in [6.45, 7) is 5.79. The topological polar surface area (TPSA) is 71.1 Å². The van der Waals surface area contributed by atoms with Gasteiger partial charge in [0.2, 0.25) is 5.78 Å². The molecule has 164 valence electrons. The monoisotopic (exact) mass is 436 g/mol. The summed E-state index contributed by atoms with van der Waals surface area (Å²) in [5.74, 6) is -2.15. The van der Waals surface area contributed by atoms with Crippen molar-refractivity contribution in [1.29, 1.82) is 0 Å². The number of carbonyl (C=O) groups excluding carboxylic acids is 1. The second-order valence-electron chi connectivity index (χ2n) is 7.15. The second kappa shape index (κ2) is 9.13. The molecule has 3 aromatic heterocycles. The molecule has 0 unspecified atom stereocenters. The van der Waals surface area contributed by atoms with Crippen molar-refractivity contribution in [3.8, 4) is 5.75 Å². The van der Waals surface area contributed by atoms with Gasteiger partial charge >= 0.3 is 0 Å². The van der Waals surface area contributed by atoms with Gasteiger partial charge in [-0.3, -0.25) is 4.79 Å². The van der Waals surface area contributed by atoms with Crippen LogP contribution in [0.1, 0.15) is 35.3 Å². The van der Waals surface area contributed by atoms with Crippen molar-refractivity contribution >= 4 is 22.6 Å². The van der Waals surface area contributed by atoms with Crippen LogP contribution in [-0.2, 0) is 6.61 Å². The molecular weight excluding hydrogens is 414 g/mol. The SMILES string of the molecule is CCN(CC)c1ccc(COc2ccc(F)c(C(=O)c3c[nH]c4ncccc34)c2F)cn1. The lowest BCUT2D eigenvalue weighted by Crippen LogP contribution is -2.22. The van der Waals surface area contributed by atoms with Crippen LogP contribution < -0.4 is 9.64 Å². The van der Waals surface area contributed by atoms with Gasteiger partial charge in [0.15, 0.2) is 11.6 Å². The zero-order valence-electron chi connectivity index (χ0n) is 17.7. The highest BCUT2D eigenvalue weighted by atomic mass is 19.1. The molecule has 4 rings (SSSR count). The Morgan fingerprint density at radius 2 is 1.91 bits per heavy atom. The maximum Gasteiger partial charge on any atom is 0.201 e. The van der Waals surface area contributed by atoms with Crippen molar-refractivity contribution < 1.29 is 18.3 Å². The number of carbonyl (C=O) groups is 1. The van der Waals surface area contributed by atoms with Gasteiger partial charge in [0.05, 0.1) is 5.56 Å². The minimum Gasteiger partial charge on any atom is -0.486 e. The first-order chi connectivity index (χ1) is 15.5. The van der Waals surface area contributed by atoms with Gasteiger partial charge in [-0.2, -0.15) is 0 Å². The number of anilines is 1. The van der Waals surface area contributed by atoms with Crippen LogP contribution >= 0.6 is 0 Å². The average Bonchev–Trinajstić information content (AvgIpc) is 3.24. The van der Waals surface area contributed by atoms with Crippen molar-refractivity contribution in [2.45, 2.75) is 20.5 Å². The zero-order valence-corrected chi connectivity index (χ0v) is 17.7. The number of aromatic nitrogens is 3. The van der Waals surface area contributed by atoms with Crippen molar-refractivity contribution in [3.05, 3.63) is 83.3 Å². The van der Waals surface area contributed by atoms with E-state index >= 15 is 4.39 Å². The van der Waals surface area contributed by atoms with E-state index in [1.54, 1.807) is 24.5 Å². The number of aromatic amines is 1. The molecule has 0 saturated carbocycles. The van der Waals surface area contributed by atoms with Gasteiger partial charge in [-0.15, -0.1) is 0 Å². The molecule has 3 heterocycles. The van der Waals surface area contributed by atoms with Crippen molar-refractivity contribution in [2.75, 3.05) is 18.0 Å². The second-order valence-corrected chi connectivity index (χ2v) is 7.15. The Labute approximate surface area is 183 Å². The fraction of sp³-hybridized carbons (Fsp3) is 0.208. The maximum atomic E-state index is 15.1. The smallest absolute Gasteiger partial charge is 0.201 e. The third kappa shape index (κ3) is 4.03. The Morgan fingerprint density at radius 3 is 2.62 bits per heavy atom.